The van der Waals surface area contributed by atoms with Crippen LogP contribution in [0.4, 0.5) is 4.39 Å². The molecule has 0 fully saturated rings. The van der Waals surface area contributed by atoms with Crippen molar-refractivity contribution in [1.82, 2.24) is 0 Å². The molecule has 90 valence electrons. The van der Waals surface area contributed by atoms with Crippen molar-refractivity contribution in [2.24, 2.45) is 0 Å². The standard InChI is InChI=1S/C12H15Cl2FO/c1-2-16-9-12(7-13,8-14)10-5-3-4-6-11(10)15/h3-6H,2,7-9H2,1H3. The van der Waals surface area contributed by atoms with Gasteiger partial charge in [-0.1, -0.05) is 18.2 Å². The largest absolute Gasteiger partial charge is 0.381 e. The molecule has 0 heterocycles. The van der Waals surface area contributed by atoms with Crippen LogP contribution in [0.15, 0.2) is 24.3 Å². The lowest BCUT2D eigenvalue weighted by molar-refractivity contribution is 0.106. The second kappa shape index (κ2) is 6.43. The van der Waals surface area contributed by atoms with Gasteiger partial charge in [-0.05, 0) is 18.6 Å². The van der Waals surface area contributed by atoms with E-state index in [4.69, 9.17) is 27.9 Å². The predicted octanol–water partition coefficient (Wildman–Crippen LogP) is 3.58. The Hall–Kier alpha value is -0.310. The van der Waals surface area contributed by atoms with Gasteiger partial charge in [0.25, 0.3) is 0 Å². The van der Waals surface area contributed by atoms with E-state index in [2.05, 4.69) is 0 Å². The van der Waals surface area contributed by atoms with Gasteiger partial charge in [0.2, 0.25) is 0 Å². The number of hydrogen-bond acceptors (Lipinski definition) is 1. The molecular formula is C12H15Cl2FO. The predicted molar refractivity (Wildman–Crippen MR) is 66.0 cm³/mol. The van der Waals surface area contributed by atoms with Crippen LogP contribution >= 0.6 is 23.2 Å². The van der Waals surface area contributed by atoms with Crippen molar-refractivity contribution in [1.29, 1.82) is 0 Å². The van der Waals surface area contributed by atoms with Crippen LogP contribution in [0.2, 0.25) is 0 Å². The molecule has 16 heavy (non-hydrogen) atoms. The monoisotopic (exact) mass is 264 g/mol. The Morgan fingerprint density at radius 1 is 1.25 bits per heavy atom. The third kappa shape index (κ3) is 2.88. The van der Waals surface area contributed by atoms with Crippen molar-refractivity contribution >= 4 is 23.2 Å². The highest BCUT2D eigenvalue weighted by molar-refractivity contribution is 6.22. The molecule has 0 N–H and O–H groups in total. The van der Waals surface area contributed by atoms with Crippen LogP contribution < -0.4 is 0 Å². The van der Waals surface area contributed by atoms with Crippen molar-refractivity contribution < 1.29 is 9.13 Å². The van der Waals surface area contributed by atoms with Crippen molar-refractivity contribution in [3.63, 3.8) is 0 Å². The molecule has 0 unspecified atom stereocenters. The van der Waals surface area contributed by atoms with Crippen LogP contribution in [-0.2, 0) is 10.2 Å². The maximum atomic E-state index is 13.7. The summed E-state index contributed by atoms with van der Waals surface area (Å²) in [4.78, 5) is 0. The number of hydrogen-bond donors (Lipinski definition) is 0. The fourth-order valence-electron chi connectivity index (χ4n) is 1.52. The van der Waals surface area contributed by atoms with Crippen molar-refractivity contribution in [3.8, 4) is 0 Å². The molecule has 0 aliphatic carbocycles. The van der Waals surface area contributed by atoms with Gasteiger partial charge >= 0.3 is 0 Å². The fourth-order valence-corrected chi connectivity index (χ4v) is 2.25. The number of halogens is 3. The van der Waals surface area contributed by atoms with E-state index in [1.807, 2.05) is 6.92 Å². The molecule has 1 nitrogen and oxygen atoms in total. The molecule has 0 aromatic heterocycles. The quantitative estimate of drug-likeness (QED) is 0.714. The summed E-state index contributed by atoms with van der Waals surface area (Å²) >= 11 is 11.9. The van der Waals surface area contributed by atoms with E-state index < -0.39 is 5.41 Å². The molecule has 0 bridgehead atoms. The lowest BCUT2D eigenvalue weighted by Crippen LogP contribution is -2.37. The first kappa shape index (κ1) is 13.8. The first-order chi connectivity index (χ1) is 7.70. The maximum absolute atomic E-state index is 13.7. The molecule has 1 aromatic rings. The van der Waals surface area contributed by atoms with Gasteiger partial charge in [0.05, 0.1) is 6.61 Å². The van der Waals surface area contributed by atoms with E-state index in [0.29, 0.717) is 18.8 Å². The molecule has 0 aliphatic rings. The lowest BCUT2D eigenvalue weighted by Gasteiger charge is -2.30. The average Bonchev–Trinajstić information content (AvgIpc) is 2.33. The van der Waals surface area contributed by atoms with Gasteiger partial charge in [-0.25, -0.2) is 4.39 Å². The normalized spacial score (nSPS) is 11.8. The van der Waals surface area contributed by atoms with Gasteiger partial charge in [-0.15, -0.1) is 23.2 Å². The summed E-state index contributed by atoms with van der Waals surface area (Å²) < 4.78 is 19.1. The summed E-state index contributed by atoms with van der Waals surface area (Å²) in [7, 11) is 0. The third-order valence-electron chi connectivity index (χ3n) is 2.54. The molecule has 0 aliphatic heterocycles. The number of ether oxygens (including phenoxy) is 1. The summed E-state index contributed by atoms with van der Waals surface area (Å²) in [6.45, 7) is 2.77. The van der Waals surface area contributed by atoms with E-state index in [9.17, 15) is 4.39 Å². The summed E-state index contributed by atoms with van der Waals surface area (Å²) in [5.41, 5.74) is -0.127. The smallest absolute Gasteiger partial charge is 0.127 e. The summed E-state index contributed by atoms with van der Waals surface area (Å²) in [5.74, 6) is 0.179. The Morgan fingerprint density at radius 3 is 2.38 bits per heavy atom. The van der Waals surface area contributed by atoms with E-state index in [1.54, 1.807) is 18.2 Å². The van der Waals surface area contributed by atoms with Gasteiger partial charge in [0, 0.05) is 23.8 Å². The molecule has 0 atom stereocenters. The Morgan fingerprint density at radius 2 is 1.88 bits per heavy atom. The second-order valence-corrected chi connectivity index (χ2v) is 4.20. The highest BCUT2D eigenvalue weighted by Crippen LogP contribution is 2.30. The summed E-state index contributed by atoms with van der Waals surface area (Å²) in [6.07, 6.45) is 0. The molecule has 0 spiro atoms. The maximum Gasteiger partial charge on any atom is 0.127 e. The summed E-state index contributed by atoms with van der Waals surface area (Å²) in [6, 6.07) is 6.54. The van der Waals surface area contributed by atoms with Crippen molar-refractivity contribution in [2.45, 2.75) is 12.3 Å². The molecule has 0 amide bonds. The third-order valence-corrected chi connectivity index (χ3v) is 3.56. The first-order valence-electron chi connectivity index (χ1n) is 5.15. The van der Waals surface area contributed by atoms with Gasteiger partial charge in [-0.2, -0.15) is 0 Å². The van der Waals surface area contributed by atoms with Crippen molar-refractivity contribution in [2.75, 3.05) is 25.0 Å². The van der Waals surface area contributed by atoms with E-state index in [0.717, 1.165) is 0 Å². The molecule has 0 saturated heterocycles. The Labute approximate surface area is 106 Å². The fraction of sp³-hybridized carbons (Fsp3) is 0.500. The topological polar surface area (TPSA) is 9.23 Å². The van der Waals surface area contributed by atoms with Crippen LogP contribution in [0, 0.1) is 5.82 Å². The number of benzene rings is 1. The van der Waals surface area contributed by atoms with Crippen LogP contribution in [0.3, 0.4) is 0 Å². The zero-order chi connectivity index (χ0) is 12.0. The highest BCUT2D eigenvalue weighted by atomic mass is 35.5. The Kier molecular flexibility index (Phi) is 5.53. The van der Waals surface area contributed by atoms with Crippen molar-refractivity contribution in [3.05, 3.63) is 35.6 Å². The van der Waals surface area contributed by atoms with Crippen LogP contribution in [0.5, 0.6) is 0 Å². The van der Waals surface area contributed by atoms with Crippen LogP contribution in [0.1, 0.15) is 12.5 Å². The van der Waals surface area contributed by atoms with E-state index in [1.165, 1.54) is 6.07 Å². The number of rotatable bonds is 6. The molecular weight excluding hydrogens is 250 g/mol. The summed E-state index contributed by atoms with van der Waals surface area (Å²) in [5, 5.41) is 0. The second-order valence-electron chi connectivity index (χ2n) is 3.66. The first-order valence-corrected chi connectivity index (χ1v) is 6.22. The minimum Gasteiger partial charge on any atom is -0.381 e. The molecule has 0 radical (unpaired) electrons. The van der Waals surface area contributed by atoms with Gasteiger partial charge in [0.15, 0.2) is 0 Å². The molecule has 1 rings (SSSR count). The zero-order valence-electron chi connectivity index (χ0n) is 9.18. The zero-order valence-corrected chi connectivity index (χ0v) is 10.7. The van der Waals surface area contributed by atoms with Crippen LogP contribution in [0.25, 0.3) is 0 Å². The van der Waals surface area contributed by atoms with Gasteiger partial charge < -0.3 is 4.74 Å². The highest BCUT2D eigenvalue weighted by Gasteiger charge is 2.33. The Balaban J connectivity index is 3.05. The van der Waals surface area contributed by atoms with E-state index in [-0.39, 0.29) is 17.6 Å². The minimum atomic E-state index is -0.648. The molecule has 1 aromatic carbocycles. The lowest BCUT2D eigenvalue weighted by atomic mass is 9.84. The minimum absolute atomic E-state index is 0.234. The number of alkyl halides is 2. The van der Waals surface area contributed by atoms with Crippen LogP contribution in [-0.4, -0.2) is 25.0 Å². The average molecular weight is 265 g/mol. The Bertz CT molecular complexity index is 327. The SMILES string of the molecule is CCOCC(CCl)(CCl)c1ccccc1F. The van der Waals surface area contributed by atoms with Gasteiger partial charge in [-0.3, -0.25) is 0 Å². The molecule has 0 saturated carbocycles. The van der Waals surface area contributed by atoms with E-state index >= 15 is 0 Å². The molecule has 4 heteroatoms. The van der Waals surface area contributed by atoms with Gasteiger partial charge in [0.1, 0.15) is 5.82 Å².